The van der Waals surface area contributed by atoms with Crippen molar-refractivity contribution in [1.82, 2.24) is 10.3 Å². The molecule has 2 heterocycles. The second-order valence-electron chi connectivity index (χ2n) is 4.73. The van der Waals surface area contributed by atoms with Crippen LogP contribution in [-0.2, 0) is 16.0 Å². The summed E-state index contributed by atoms with van der Waals surface area (Å²) in [6.07, 6.45) is 0.677. The number of rotatable bonds is 1. The molecule has 0 amide bonds. The molecule has 0 saturated heterocycles. The van der Waals surface area contributed by atoms with E-state index in [2.05, 4.69) is 29.4 Å². The summed E-state index contributed by atoms with van der Waals surface area (Å²) in [5.41, 5.74) is 3.53. The molecule has 3 rings (SSSR count). The van der Waals surface area contributed by atoms with Gasteiger partial charge in [0.05, 0.1) is 7.11 Å². The SMILES string of the molecule is COC(=O)[C@@H]1Cc2c([nH]c3ccccc23)C(C)N1. The van der Waals surface area contributed by atoms with Crippen molar-refractivity contribution in [2.45, 2.75) is 25.4 Å². The summed E-state index contributed by atoms with van der Waals surface area (Å²) in [4.78, 5) is 15.1. The van der Waals surface area contributed by atoms with Crippen LogP contribution in [0, 0.1) is 0 Å². The minimum Gasteiger partial charge on any atom is -0.468 e. The molecular weight excluding hydrogens is 228 g/mol. The van der Waals surface area contributed by atoms with Crippen molar-refractivity contribution in [1.29, 1.82) is 0 Å². The molecule has 2 aromatic rings. The number of methoxy groups -OCH3 is 1. The normalized spacial score (nSPS) is 22.8. The van der Waals surface area contributed by atoms with E-state index in [1.54, 1.807) is 0 Å². The predicted octanol–water partition coefficient (Wildman–Crippen LogP) is 1.92. The highest BCUT2D eigenvalue weighted by Gasteiger charge is 2.31. The molecule has 1 aromatic carbocycles. The van der Waals surface area contributed by atoms with Crippen LogP contribution in [-0.4, -0.2) is 24.1 Å². The lowest BCUT2D eigenvalue weighted by molar-refractivity contribution is -0.143. The first kappa shape index (κ1) is 11.3. The number of esters is 1. The summed E-state index contributed by atoms with van der Waals surface area (Å²) in [6, 6.07) is 8.07. The summed E-state index contributed by atoms with van der Waals surface area (Å²) in [7, 11) is 1.43. The number of fused-ring (bicyclic) bond motifs is 3. The Balaban J connectivity index is 2.09. The van der Waals surface area contributed by atoms with Crippen LogP contribution in [0.1, 0.15) is 24.2 Å². The van der Waals surface area contributed by atoms with Gasteiger partial charge in [-0.25, -0.2) is 0 Å². The fraction of sp³-hybridized carbons (Fsp3) is 0.357. The van der Waals surface area contributed by atoms with Gasteiger partial charge in [-0.05, 0) is 18.6 Å². The maximum atomic E-state index is 11.7. The van der Waals surface area contributed by atoms with Crippen LogP contribution < -0.4 is 5.32 Å². The number of nitrogens with one attached hydrogen (secondary N) is 2. The van der Waals surface area contributed by atoms with Crippen LogP contribution in [0.3, 0.4) is 0 Å². The summed E-state index contributed by atoms with van der Waals surface area (Å²) >= 11 is 0. The summed E-state index contributed by atoms with van der Waals surface area (Å²) in [5.74, 6) is -0.196. The predicted molar refractivity (Wildman–Crippen MR) is 69.4 cm³/mol. The summed E-state index contributed by atoms with van der Waals surface area (Å²) in [5, 5.41) is 4.48. The molecule has 0 spiro atoms. The van der Waals surface area contributed by atoms with Crippen molar-refractivity contribution in [3.63, 3.8) is 0 Å². The number of hydrogen-bond acceptors (Lipinski definition) is 3. The van der Waals surface area contributed by atoms with Gasteiger partial charge in [-0.15, -0.1) is 0 Å². The second-order valence-corrected chi connectivity index (χ2v) is 4.73. The standard InChI is InChI=1S/C14H16N2O2/c1-8-13-10(7-12(15-8)14(17)18-2)9-5-3-4-6-11(9)16-13/h3-6,8,12,15-16H,7H2,1-2H3/t8?,12-/m0/s1. The van der Waals surface area contributed by atoms with Crippen molar-refractivity contribution < 1.29 is 9.53 Å². The molecule has 1 aliphatic rings. The molecule has 94 valence electrons. The van der Waals surface area contributed by atoms with Gasteiger partial charge in [-0.3, -0.25) is 10.1 Å². The highest BCUT2D eigenvalue weighted by molar-refractivity contribution is 5.87. The number of hydrogen-bond donors (Lipinski definition) is 2. The Kier molecular flexibility index (Phi) is 2.59. The Hall–Kier alpha value is -1.81. The number of H-pyrrole nitrogens is 1. The van der Waals surface area contributed by atoms with E-state index in [1.807, 2.05) is 12.1 Å². The van der Waals surface area contributed by atoms with Gasteiger partial charge in [0, 0.05) is 29.1 Å². The van der Waals surface area contributed by atoms with Gasteiger partial charge in [-0.1, -0.05) is 18.2 Å². The van der Waals surface area contributed by atoms with Crippen LogP contribution in [0.15, 0.2) is 24.3 Å². The molecule has 0 bridgehead atoms. The van der Waals surface area contributed by atoms with E-state index in [0.717, 1.165) is 5.52 Å². The van der Waals surface area contributed by atoms with Crippen molar-refractivity contribution in [2.24, 2.45) is 0 Å². The fourth-order valence-corrected chi connectivity index (χ4v) is 2.75. The lowest BCUT2D eigenvalue weighted by Crippen LogP contribution is -2.44. The molecule has 1 unspecified atom stereocenters. The first-order valence-corrected chi connectivity index (χ1v) is 6.14. The average Bonchev–Trinajstić information content (AvgIpc) is 2.77. The molecule has 1 aliphatic heterocycles. The summed E-state index contributed by atoms with van der Waals surface area (Å²) in [6.45, 7) is 2.06. The molecule has 18 heavy (non-hydrogen) atoms. The van der Waals surface area contributed by atoms with Crippen LogP contribution >= 0.6 is 0 Å². The molecule has 4 heteroatoms. The van der Waals surface area contributed by atoms with E-state index in [-0.39, 0.29) is 18.1 Å². The number of para-hydroxylation sites is 1. The van der Waals surface area contributed by atoms with E-state index in [1.165, 1.54) is 23.8 Å². The minimum absolute atomic E-state index is 0.130. The molecule has 2 atom stereocenters. The Morgan fingerprint density at radius 2 is 2.17 bits per heavy atom. The Bertz CT molecular complexity index is 603. The van der Waals surface area contributed by atoms with Gasteiger partial charge >= 0.3 is 5.97 Å². The molecule has 0 saturated carbocycles. The number of benzene rings is 1. The largest absolute Gasteiger partial charge is 0.468 e. The topological polar surface area (TPSA) is 54.1 Å². The number of ether oxygens (including phenoxy) is 1. The lowest BCUT2D eigenvalue weighted by atomic mass is 9.95. The molecule has 4 nitrogen and oxygen atoms in total. The molecular formula is C14H16N2O2. The van der Waals surface area contributed by atoms with Crippen LogP contribution in [0.4, 0.5) is 0 Å². The van der Waals surface area contributed by atoms with E-state index in [9.17, 15) is 4.79 Å². The van der Waals surface area contributed by atoms with E-state index in [4.69, 9.17) is 4.74 Å². The van der Waals surface area contributed by atoms with Crippen LogP contribution in [0.2, 0.25) is 0 Å². The maximum Gasteiger partial charge on any atom is 0.323 e. The zero-order valence-corrected chi connectivity index (χ0v) is 10.5. The molecule has 0 aliphatic carbocycles. The van der Waals surface area contributed by atoms with E-state index in [0.29, 0.717) is 6.42 Å². The molecule has 2 N–H and O–H groups in total. The first-order valence-electron chi connectivity index (χ1n) is 6.14. The van der Waals surface area contributed by atoms with Crippen LogP contribution in [0.5, 0.6) is 0 Å². The van der Waals surface area contributed by atoms with E-state index < -0.39 is 0 Å². The summed E-state index contributed by atoms with van der Waals surface area (Å²) < 4.78 is 4.83. The third kappa shape index (κ3) is 1.61. The third-order valence-corrected chi connectivity index (χ3v) is 3.62. The number of carbonyl (C=O) groups is 1. The van der Waals surface area contributed by atoms with Crippen molar-refractivity contribution in [3.8, 4) is 0 Å². The van der Waals surface area contributed by atoms with E-state index >= 15 is 0 Å². The van der Waals surface area contributed by atoms with Crippen molar-refractivity contribution in [2.75, 3.05) is 7.11 Å². The molecule has 1 aromatic heterocycles. The molecule has 0 fully saturated rings. The fourth-order valence-electron chi connectivity index (χ4n) is 2.75. The Labute approximate surface area is 105 Å². The van der Waals surface area contributed by atoms with Gasteiger partial charge in [0.15, 0.2) is 0 Å². The number of aromatic nitrogens is 1. The average molecular weight is 244 g/mol. The quantitative estimate of drug-likeness (QED) is 0.753. The number of carbonyl (C=O) groups excluding carboxylic acids is 1. The van der Waals surface area contributed by atoms with Gasteiger partial charge in [0.25, 0.3) is 0 Å². The van der Waals surface area contributed by atoms with Gasteiger partial charge < -0.3 is 9.72 Å². The van der Waals surface area contributed by atoms with Crippen molar-refractivity contribution in [3.05, 3.63) is 35.5 Å². The Morgan fingerprint density at radius 3 is 2.94 bits per heavy atom. The van der Waals surface area contributed by atoms with Crippen LogP contribution in [0.25, 0.3) is 10.9 Å². The third-order valence-electron chi connectivity index (χ3n) is 3.62. The first-order chi connectivity index (χ1) is 8.70. The zero-order valence-electron chi connectivity index (χ0n) is 10.5. The zero-order chi connectivity index (χ0) is 12.7. The second kappa shape index (κ2) is 4.14. The van der Waals surface area contributed by atoms with Gasteiger partial charge in [0.1, 0.15) is 6.04 Å². The minimum atomic E-state index is -0.253. The smallest absolute Gasteiger partial charge is 0.323 e. The Morgan fingerprint density at radius 1 is 1.39 bits per heavy atom. The lowest BCUT2D eigenvalue weighted by Gasteiger charge is -2.27. The molecule has 0 radical (unpaired) electrons. The monoisotopic (exact) mass is 244 g/mol. The van der Waals surface area contributed by atoms with Gasteiger partial charge in [0.2, 0.25) is 0 Å². The van der Waals surface area contributed by atoms with Crippen molar-refractivity contribution >= 4 is 16.9 Å². The maximum absolute atomic E-state index is 11.7. The highest BCUT2D eigenvalue weighted by atomic mass is 16.5. The van der Waals surface area contributed by atoms with Gasteiger partial charge in [-0.2, -0.15) is 0 Å². The number of aromatic amines is 1. The highest BCUT2D eigenvalue weighted by Crippen LogP contribution is 2.31.